The molecular weight excluding hydrogens is 346 g/mol. The van der Waals surface area contributed by atoms with Crippen LogP contribution in [0, 0.1) is 0 Å². The number of hydrogen-bond acceptors (Lipinski definition) is 5. The molecular formula is C18H14ClNO5. The van der Waals surface area contributed by atoms with Crippen LogP contribution in [0.5, 0.6) is 11.5 Å². The molecule has 0 radical (unpaired) electrons. The number of carbonyl (C=O) groups is 2. The summed E-state index contributed by atoms with van der Waals surface area (Å²) in [6.07, 6.45) is -0.386. The van der Waals surface area contributed by atoms with E-state index in [1.54, 1.807) is 37.4 Å². The fourth-order valence-electron chi connectivity index (χ4n) is 3.21. The Morgan fingerprint density at radius 2 is 2.00 bits per heavy atom. The monoisotopic (exact) mass is 359 g/mol. The molecule has 2 aliphatic heterocycles. The van der Waals surface area contributed by atoms with E-state index in [-0.39, 0.29) is 19.0 Å². The summed E-state index contributed by atoms with van der Waals surface area (Å²) >= 11 is 6.01. The van der Waals surface area contributed by atoms with Crippen LogP contribution in [0.4, 0.5) is 5.69 Å². The first-order valence-corrected chi connectivity index (χ1v) is 8.01. The highest BCUT2D eigenvalue weighted by Gasteiger charge is 2.49. The lowest BCUT2D eigenvalue weighted by Crippen LogP contribution is -2.40. The molecule has 0 spiro atoms. The van der Waals surface area contributed by atoms with E-state index >= 15 is 0 Å². The van der Waals surface area contributed by atoms with Gasteiger partial charge in [-0.2, -0.15) is 0 Å². The third kappa shape index (κ3) is 2.37. The van der Waals surface area contributed by atoms with Crippen molar-refractivity contribution in [3.05, 3.63) is 52.5 Å². The Labute approximate surface area is 148 Å². The lowest BCUT2D eigenvalue weighted by molar-refractivity contribution is -0.135. The number of carbonyl (C=O) groups excluding carboxylic acids is 2. The van der Waals surface area contributed by atoms with E-state index in [9.17, 15) is 14.7 Å². The minimum absolute atomic E-state index is 0.103. The summed E-state index contributed by atoms with van der Waals surface area (Å²) in [4.78, 5) is 26.6. The van der Waals surface area contributed by atoms with Gasteiger partial charge in [-0.15, -0.1) is 0 Å². The first kappa shape index (κ1) is 15.9. The normalized spacial score (nSPS) is 20.8. The zero-order chi connectivity index (χ0) is 17.8. The molecule has 0 saturated carbocycles. The van der Waals surface area contributed by atoms with Gasteiger partial charge in [-0.3, -0.25) is 9.59 Å². The quantitative estimate of drug-likeness (QED) is 0.852. The van der Waals surface area contributed by atoms with E-state index in [2.05, 4.69) is 0 Å². The molecule has 2 aromatic rings. The van der Waals surface area contributed by atoms with Crippen molar-refractivity contribution >= 4 is 29.0 Å². The maximum Gasteiger partial charge on any atom is 0.263 e. The molecule has 2 aromatic carbocycles. The summed E-state index contributed by atoms with van der Waals surface area (Å²) in [5.74, 6) is 0.0921. The van der Waals surface area contributed by atoms with Crippen LogP contribution in [-0.4, -0.2) is 30.6 Å². The van der Waals surface area contributed by atoms with Crippen molar-refractivity contribution in [2.24, 2.45) is 0 Å². The van der Waals surface area contributed by atoms with Gasteiger partial charge in [-0.05, 0) is 36.4 Å². The number of Topliss-reactive ketones (excluding diaryl/α,β-unsaturated/α-hetero) is 1. The Bertz CT molecular complexity index is 912. The lowest BCUT2D eigenvalue weighted by Gasteiger charge is -2.21. The molecule has 0 aliphatic carbocycles. The number of ketones is 1. The number of fused-ring (bicyclic) bond motifs is 2. The van der Waals surface area contributed by atoms with Gasteiger partial charge in [0.15, 0.2) is 22.9 Å². The van der Waals surface area contributed by atoms with Crippen molar-refractivity contribution in [1.82, 2.24) is 0 Å². The van der Waals surface area contributed by atoms with E-state index in [1.807, 2.05) is 0 Å². The van der Waals surface area contributed by atoms with Gasteiger partial charge in [0, 0.05) is 23.2 Å². The van der Waals surface area contributed by atoms with Gasteiger partial charge >= 0.3 is 0 Å². The first-order chi connectivity index (χ1) is 11.9. The van der Waals surface area contributed by atoms with Gasteiger partial charge in [-0.1, -0.05) is 11.6 Å². The van der Waals surface area contributed by atoms with Crippen LogP contribution in [0.3, 0.4) is 0 Å². The Balaban J connectivity index is 1.69. The standard InChI is InChI=1S/C18H14ClNO5/c1-20-13-4-3-11(19)7-12(13)18(23,17(20)22)8-14(21)10-2-5-15-16(6-10)25-9-24-15/h2-7,23H,8-9H2,1H3/t18-/m0/s1. The van der Waals surface area contributed by atoms with E-state index in [4.69, 9.17) is 21.1 Å². The van der Waals surface area contributed by atoms with Gasteiger partial charge in [0.1, 0.15) is 0 Å². The number of rotatable bonds is 3. The van der Waals surface area contributed by atoms with Crippen molar-refractivity contribution < 1.29 is 24.2 Å². The summed E-state index contributed by atoms with van der Waals surface area (Å²) in [5, 5.41) is 11.4. The molecule has 1 atom stereocenters. The molecule has 0 fully saturated rings. The van der Waals surface area contributed by atoms with Crippen molar-refractivity contribution in [2.45, 2.75) is 12.0 Å². The third-order valence-corrected chi connectivity index (χ3v) is 4.77. The summed E-state index contributed by atoms with van der Waals surface area (Å²) in [5.41, 5.74) is -0.733. The van der Waals surface area contributed by atoms with Crippen LogP contribution < -0.4 is 14.4 Å². The minimum atomic E-state index is -1.94. The number of nitrogens with zero attached hydrogens (tertiary/aromatic N) is 1. The van der Waals surface area contributed by atoms with Crippen LogP contribution in [0.25, 0.3) is 0 Å². The number of hydrogen-bond donors (Lipinski definition) is 1. The van der Waals surface area contributed by atoms with Gasteiger partial charge in [0.05, 0.1) is 12.1 Å². The summed E-state index contributed by atoms with van der Waals surface area (Å²) in [7, 11) is 1.55. The maximum atomic E-state index is 12.7. The van der Waals surface area contributed by atoms with Gasteiger partial charge in [-0.25, -0.2) is 0 Å². The summed E-state index contributed by atoms with van der Waals surface area (Å²) < 4.78 is 10.5. The molecule has 0 bridgehead atoms. The van der Waals surface area contributed by atoms with E-state index in [0.717, 1.165) is 0 Å². The molecule has 0 aromatic heterocycles. The van der Waals surface area contributed by atoms with Crippen molar-refractivity contribution in [3.8, 4) is 11.5 Å². The average Bonchev–Trinajstić information content (AvgIpc) is 3.13. The van der Waals surface area contributed by atoms with Crippen molar-refractivity contribution in [2.75, 3.05) is 18.7 Å². The Kier molecular flexibility index (Phi) is 3.49. The molecule has 4 rings (SSSR count). The second-order valence-corrected chi connectivity index (χ2v) is 6.49. The number of benzene rings is 2. The van der Waals surface area contributed by atoms with Crippen LogP contribution in [0.15, 0.2) is 36.4 Å². The number of halogens is 1. The van der Waals surface area contributed by atoms with Gasteiger partial charge in [0.2, 0.25) is 6.79 Å². The lowest BCUT2D eigenvalue weighted by atomic mass is 9.88. The highest BCUT2D eigenvalue weighted by molar-refractivity contribution is 6.31. The number of aliphatic hydroxyl groups is 1. The average molecular weight is 360 g/mol. The largest absolute Gasteiger partial charge is 0.454 e. The SMILES string of the molecule is CN1C(=O)[C@](O)(CC(=O)c2ccc3c(c2)OCO3)c2cc(Cl)ccc21. The van der Waals surface area contributed by atoms with Crippen LogP contribution in [0.1, 0.15) is 22.3 Å². The Hall–Kier alpha value is -2.57. The molecule has 0 saturated heterocycles. The highest BCUT2D eigenvalue weighted by atomic mass is 35.5. The Morgan fingerprint density at radius 1 is 1.24 bits per heavy atom. The van der Waals surface area contributed by atoms with E-state index in [1.165, 1.54) is 11.0 Å². The van der Waals surface area contributed by atoms with Crippen molar-refractivity contribution in [3.63, 3.8) is 0 Å². The predicted molar refractivity (Wildman–Crippen MR) is 90.3 cm³/mol. The second kappa shape index (κ2) is 5.47. The second-order valence-electron chi connectivity index (χ2n) is 6.05. The fraction of sp³-hybridized carbons (Fsp3) is 0.222. The first-order valence-electron chi connectivity index (χ1n) is 7.63. The number of anilines is 1. The molecule has 2 heterocycles. The van der Waals surface area contributed by atoms with Gasteiger partial charge < -0.3 is 19.5 Å². The van der Waals surface area contributed by atoms with Crippen LogP contribution in [0.2, 0.25) is 5.02 Å². The predicted octanol–water partition coefficient (Wildman–Crippen LogP) is 2.51. The maximum absolute atomic E-state index is 12.7. The zero-order valence-electron chi connectivity index (χ0n) is 13.3. The molecule has 1 amide bonds. The minimum Gasteiger partial charge on any atom is -0.454 e. The smallest absolute Gasteiger partial charge is 0.263 e. The molecule has 6 nitrogen and oxygen atoms in total. The van der Waals surface area contributed by atoms with Crippen molar-refractivity contribution in [1.29, 1.82) is 0 Å². The molecule has 7 heteroatoms. The fourth-order valence-corrected chi connectivity index (χ4v) is 3.38. The molecule has 1 N–H and O–H groups in total. The van der Waals surface area contributed by atoms with Crippen LogP contribution >= 0.6 is 11.6 Å². The number of likely N-dealkylation sites (N-methyl/N-ethyl adjacent to an activating group) is 1. The summed E-state index contributed by atoms with van der Waals surface area (Å²) in [6.45, 7) is 0.103. The Morgan fingerprint density at radius 3 is 2.80 bits per heavy atom. The highest BCUT2D eigenvalue weighted by Crippen LogP contribution is 2.43. The van der Waals surface area contributed by atoms with Crippen LogP contribution in [-0.2, 0) is 10.4 Å². The summed E-state index contributed by atoms with van der Waals surface area (Å²) in [6, 6.07) is 9.57. The topological polar surface area (TPSA) is 76.1 Å². The van der Waals surface area contributed by atoms with E-state index in [0.29, 0.717) is 33.3 Å². The molecule has 2 aliphatic rings. The molecule has 128 valence electrons. The molecule has 25 heavy (non-hydrogen) atoms. The third-order valence-electron chi connectivity index (χ3n) is 4.53. The van der Waals surface area contributed by atoms with Gasteiger partial charge in [0.25, 0.3) is 5.91 Å². The molecule has 0 unspecified atom stereocenters. The van der Waals surface area contributed by atoms with E-state index < -0.39 is 11.5 Å². The number of amides is 1. The zero-order valence-corrected chi connectivity index (χ0v) is 14.0. The number of ether oxygens (including phenoxy) is 2.